The zero-order valence-corrected chi connectivity index (χ0v) is 9.40. The zero-order chi connectivity index (χ0) is 12.4. The van der Waals surface area contributed by atoms with Gasteiger partial charge in [0.15, 0.2) is 0 Å². The van der Waals surface area contributed by atoms with E-state index in [1.165, 1.54) is 6.07 Å². The van der Waals surface area contributed by atoms with Crippen LogP contribution in [-0.4, -0.2) is 35.0 Å². The van der Waals surface area contributed by atoms with Crippen molar-refractivity contribution in [1.29, 1.82) is 0 Å². The summed E-state index contributed by atoms with van der Waals surface area (Å²) < 4.78 is 13.1. The number of benzene rings is 1. The van der Waals surface area contributed by atoms with Gasteiger partial charge in [-0.15, -0.1) is 0 Å². The predicted octanol–water partition coefficient (Wildman–Crippen LogP) is 1.09. The molecule has 1 amide bonds. The second kappa shape index (κ2) is 4.71. The van der Waals surface area contributed by atoms with E-state index in [-0.39, 0.29) is 23.3 Å². The lowest BCUT2D eigenvalue weighted by Crippen LogP contribution is -2.37. The van der Waals surface area contributed by atoms with Crippen LogP contribution in [0.4, 0.5) is 4.39 Å². The fourth-order valence-electron chi connectivity index (χ4n) is 1.81. The highest BCUT2D eigenvalue weighted by molar-refractivity contribution is 5.97. The lowest BCUT2D eigenvalue weighted by Gasteiger charge is -2.22. The molecule has 1 aliphatic rings. The van der Waals surface area contributed by atoms with Crippen molar-refractivity contribution in [3.05, 3.63) is 29.6 Å². The number of carbonyl (C=O) groups excluding carboxylic acids is 1. The number of aromatic hydroxyl groups is 1. The first-order valence-electron chi connectivity index (χ1n) is 5.63. The van der Waals surface area contributed by atoms with Crippen molar-refractivity contribution < 1.29 is 14.3 Å². The Labute approximate surface area is 98.8 Å². The Balaban J connectivity index is 2.24. The number of hydrogen-bond acceptors (Lipinski definition) is 3. The molecule has 1 saturated carbocycles. The molecule has 1 aromatic rings. The molecule has 17 heavy (non-hydrogen) atoms. The van der Waals surface area contributed by atoms with Gasteiger partial charge in [-0.05, 0) is 31.0 Å². The quantitative estimate of drug-likeness (QED) is 0.825. The molecule has 1 aliphatic carbocycles. The minimum Gasteiger partial charge on any atom is -0.507 e. The largest absolute Gasteiger partial charge is 0.507 e. The molecule has 0 heterocycles. The van der Waals surface area contributed by atoms with Crippen LogP contribution in [0.1, 0.15) is 23.2 Å². The Morgan fingerprint density at radius 1 is 1.53 bits per heavy atom. The number of rotatable bonds is 4. The van der Waals surface area contributed by atoms with Crippen molar-refractivity contribution in [1.82, 2.24) is 4.90 Å². The van der Waals surface area contributed by atoms with E-state index >= 15 is 0 Å². The highest BCUT2D eigenvalue weighted by Crippen LogP contribution is 2.29. The van der Waals surface area contributed by atoms with E-state index in [1.807, 2.05) is 0 Å². The monoisotopic (exact) mass is 238 g/mol. The Bertz CT molecular complexity index is 433. The fraction of sp³-hybridized carbons (Fsp3) is 0.417. The van der Waals surface area contributed by atoms with Crippen LogP contribution in [0.3, 0.4) is 0 Å². The van der Waals surface area contributed by atoms with Crippen LogP contribution in [0, 0.1) is 5.82 Å². The molecule has 4 nitrogen and oxygen atoms in total. The molecule has 0 saturated heterocycles. The Morgan fingerprint density at radius 2 is 2.24 bits per heavy atom. The number of carbonyl (C=O) groups is 1. The van der Waals surface area contributed by atoms with Gasteiger partial charge < -0.3 is 15.7 Å². The van der Waals surface area contributed by atoms with Gasteiger partial charge in [-0.25, -0.2) is 4.39 Å². The number of nitrogens with two attached hydrogens (primary N) is 1. The van der Waals surface area contributed by atoms with Gasteiger partial charge in [-0.2, -0.15) is 0 Å². The fourth-order valence-corrected chi connectivity index (χ4v) is 1.81. The molecule has 0 bridgehead atoms. The lowest BCUT2D eigenvalue weighted by molar-refractivity contribution is 0.0744. The summed E-state index contributed by atoms with van der Waals surface area (Å²) in [4.78, 5) is 13.7. The van der Waals surface area contributed by atoms with Gasteiger partial charge in [0, 0.05) is 19.1 Å². The molecule has 0 unspecified atom stereocenters. The van der Waals surface area contributed by atoms with Gasteiger partial charge in [0.2, 0.25) is 0 Å². The molecule has 5 heteroatoms. The minimum atomic E-state index is -0.533. The minimum absolute atomic E-state index is 0.00495. The van der Waals surface area contributed by atoms with Crippen LogP contribution in [0.2, 0.25) is 0 Å². The first-order valence-corrected chi connectivity index (χ1v) is 5.63. The summed E-state index contributed by atoms with van der Waals surface area (Å²) in [6.07, 6.45) is 1.89. The summed E-state index contributed by atoms with van der Waals surface area (Å²) in [5, 5.41) is 9.58. The number of nitrogens with zero attached hydrogens (tertiary/aromatic N) is 1. The van der Waals surface area contributed by atoms with Crippen LogP contribution >= 0.6 is 0 Å². The summed E-state index contributed by atoms with van der Waals surface area (Å²) in [6, 6.07) is 3.56. The molecule has 1 fully saturated rings. The predicted molar refractivity (Wildman–Crippen MR) is 61.2 cm³/mol. The van der Waals surface area contributed by atoms with Gasteiger partial charge in [-0.3, -0.25) is 4.79 Å². The van der Waals surface area contributed by atoms with E-state index in [0.717, 1.165) is 25.0 Å². The topological polar surface area (TPSA) is 66.6 Å². The van der Waals surface area contributed by atoms with E-state index < -0.39 is 5.82 Å². The Hall–Kier alpha value is -1.62. The zero-order valence-electron chi connectivity index (χ0n) is 9.40. The van der Waals surface area contributed by atoms with Crippen molar-refractivity contribution in [2.45, 2.75) is 18.9 Å². The highest BCUT2D eigenvalue weighted by atomic mass is 19.1. The average molecular weight is 238 g/mol. The van der Waals surface area contributed by atoms with E-state index in [9.17, 15) is 14.3 Å². The summed E-state index contributed by atoms with van der Waals surface area (Å²) in [6.45, 7) is 0.789. The van der Waals surface area contributed by atoms with E-state index in [1.54, 1.807) is 4.90 Å². The van der Waals surface area contributed by atoms with Gasteiger partial charge in [0.25, 0.3) is 5.91 Å². The summed E-state index contributed by atoms with van der Waals surface area (Å²) in [7, 11) is 0. The van der Waals surface area contributed by atoms with Crippen molar-refractivity contribution >= 4 is 5.91 Å². The first-order chi connectivity index (χ1) is 8.13. The van der Waals surface area contributed by atoms with Crippen LogP contribution in [0.25, 0.3) is 0 Å². The third-order valence-electron chi connectivity index (χ3n) is 2.81. The van der Waals surface area contributed by atoms with Crippen molar-refractivity contribution in [3.8, 4) is 5.75 Å². The molecule has 0 radical (unpaired) electrons. The molecule has 0 spiro atoms. The lowest BCUT2D eigenvalue weighted by atomic mass is 10.1. The van der Waals surface area contributed by atoms with E-state index in [4.69, 9.17) is 5.73 Å². The van der Waals surface area contributed by atoms with Crippen LogP contribution in [0.15, 0.2) is 18.2 Å². The second-order valence-electron chi connectivity index (χ2n) is 4.18. The van der Waals surface area contributed by atoms with Gasteiger partial charge in [0.05, 0.1) is 5.56 Å². The number of phenolic OH excluding ortho intramolecular Hbond substituents is 1. The van der Waals surface area contributed by atoms with Gasteiger partial charge in [-0.1, -0.05) is 0 Å². The summed E-state index contributed by atoms with van der Waals surface area (Å²) in [5.74, 6) is -1.08. The molecular formula is C12H15FN2O2. The molecule has 0 aromatic heterocycles. The third-order valence-corrected chi connectivity index (χ3v) is 2.81. The van der Waals surface area contributed by atoms with Gasteiger partial charge >= 0.3 is 0 Å². The molecule has 92 valence electrons. The number of hydrogen-bond donors (Lipinski definition) is 2. The molecule has 0 atom stereocenters. The number of halogens is 1. The first kappa shape index (κ1) is 11.9. The summed E-state index contributed by atoms with van der Waals surface area (Å²) >= 11 is 0. The Morgan fingerprint density at radius 3 is 2.82 bits per heavy atom. The van der Waals surface area contributed by atoms with E-state index in [0.29, 0.717) is 13.1 Å². The van der Waals surface area contributed by atoms with Crippen LogP contribution < -0.4 is 5.73 Å². The smallest absolute Gasteiger partial charge is 0.258 e. The second-order valence-corrected chi connectivity index (χ2v) is 4.18. The van der Waals surface area contributed by atoms with Gasteiger partial charge in [0.1, 0.15) is 11.6 Å². The maximum Gasteiger partial charge on any atom is 0.258 e. The number of amides is 1. The van der Waals surface area contributed by atoms with Crippen molar-refractivity contribution in [3.63, 3.8) is 0 Å². The van der Waals surface area contributed by atoms with Crippen LogP contribution in [0.5, 0.6) is 5.75 Å². The van der Waals surface area contributed by atoms with Crippen molar-refractivity contribution in [2.75, 3.05) is 13.1 Å². The molecule has 3 N–H and O–H groups in total. The van der Waals surface area contributed by atoms with Crippen LogP contribution in [-0.2, 0) is 0 Å². The average Bonchev–Trinajstić information content (AvgIpc) is 3.12. The molecular weight excluding hydrogens is 223 g/mol. The van der Waals surface area contributed by atoms with Crippen molar-refractivity contribution in [2.24, 2.45) is 5.73 Å². The van der Waals surface area contributed by atoms with E-state index in [2.05, 4.69) is 0 Å². The number of phenols is 1. The third kappa shape index (κ3) is 2.55. The summed E-state index contributed by atoms with van der Waals surface area (Å²) in [5.41, 5.74) is 5.45. The molecule has 1 aromatic carbocycles. The highest BCUT2D eigenvalue weighted by Gasteiger charge is 2.33. The SMILES string of the molecule is NCCN(C(=O)c1cc(F)ccc1O)C1CC1. The molecule has 2 rings (SSSR count). The normalized spacial score (nSPS) is 14.7. The maximum absolute atomic E-state index is 13.1. The molecule has 0 aliphatic heterocycles. The Kier molecular flexibility index (Phi) is 3.28. The maximum atomic E-state index is 13.1. The standard InChI is InChI=1S/C12H15FN2O2/c13-8-1-4-11(16)10(7-8)12(17)15(6-5-14)9-2-3-9/h1,4,7,9,16H,2-3,5-6,14H2.